The molecule has 28 heavy (non-hydrogen) atoms. The maximum Gasteiger partial charge on any atom is 0.191 e. The summed E-state index contributed by atoms with van der Waals surface area (Å²) in [6.07, 6.45) is 9.70. The number of halogens is 1. The topological polar surface area (TPSA) is 89.0 Å². The summed E-state index contributed by atoms with van der Waals surface area (Å²) in [5.74, 6) is 1.18. The molecular weight excluding hydrogens is 493 g/mol. The third kappa shape index (κ3) is 5.95. The Morgan fingerprint density at radius 3 is 2.39 bits per heavy atom. The van der Waals surface area contributed by atoms with Crippen LogP contribution in [0.2, 0.25) is 0 Å². The van der Waals surface area contributed by atoms with Gasteiger partial charge in [0.05, 0.1) is 24.7 Å². The molecule has 0 aromatic heterocycles. The van der Waals surface area contributed by atoms with E-state index in [9.17, 15) is 8.42 Å². The third-order valence-corrected chi connectivity index (χ3v) is 8.20. The first-order valence-corrected chi connectivity index (χ1v) is 12.4. The van der Waals surface area contributed by atoms with Crippen LogP contribution in [0.15, 0.2) is 4.99 Å². The predicted octanol–water partition coefficient (Wildman–Crippen LogP) is 2.20. The van der Waals surface area contributed by atoms with E-state index in [1.807, 2.05) is 0 Å². The van der Waals surface area contributed by atoms with Crippen LogP contribution in [0.3, 0.4) is 0 Å². The maximum absolute atomic E-state index is 11.7. The Kier molecular flexibility index (Phi) is 7.88. The minimum Gasteiger partial charge on any atom is -0.354 e. The van der Waals surface area contributed by atoms with Crippen molar-refractivity contribution >= 4 is 39.8 Å². The molecule has 7 nitrogen and oxygen atoms in total. The average Bonchev–Trinajstić information content (AvgIpc) is 3.36. The SMILES string of the molecule is I.O=S1(=O)CCC(CN=C(NC2CCCCC2)NC2CCC3(C2)OCCO3)C1. The van der Waals surface area contributed by atoms with Gasteiger partial charge in [-0.1, -0.05) is 19.3 Å². The van der Waals surface area contributed by atoms with Crippen molar-refractivity contribution in [2.45, 2.75) is 75.7 Å². The van der Waals surface area contributed by atoms with Gasteiger partial charge in [0.15, 0.2) is 21.6 Å². The largest absolute Gasteiger partial charge is 0.354 e. The number of ether oxygens (including phenoxy) is 2. The van der Waals surface area contributed by atoms with E-state index in [4.69, 9.17) is 14.5 Å². The molecule has 2 atom stereocenters. The molecule has 1 spiro atoms. The summed E-state index contributed by atoms with van der Waals surface area (Å²) in [6.45, 7) is 1.94. The number of aliphatic imine (C=N–C) groups is 1. The first-order valence-electron chi connectivity index (χ1n) is 10.6. The molecule has 0 bridgehead atoms. The van der Waals surface area contributed by atoms with Gasteiger partial charge >= 0.3 is 0 Å². The minimum absolute atomic E-state index is 0. The van der Waals surface area contributed by atoms with Crippen LogP contribution in [0.1, 0.15) is 57.8 Å². The standard InChI is InChI=1S/C19H33N3O4S.HI/c23-27(24)11-7-15(14-27)13-20-18(21-16-4-2-1-3-5-16)22-17-6-8-19(12-17)25-9-10-26-19;/h15-17H,1-14H2,(H2,20,21,22);1H. The van der Waals surface area contributed by atoms with E-state index in [1.54, 1.807) is 0 Å². The van der Waals surface area contributed by atoms with E-state index in [1.165, 1.54) is 32.1 Å². The second-order valence-corrected chi connectivity index (χ2v) is 10.9. The van der Waals surface area contributed by atoms with Crippen molar-refractivity contribution in [2.75, 3.05) is 31.3 Å². The molecule has 2 saturated heterocycles. The molecule has 2 aliphatic carbocycles. The van der Waals surface area contributed by atoms with Crippen LogP contribution in [0.25, 0.3) is 0 Å². The van der Waals surface area contributed by atoms with Gasteiger partial charge in [0.25, 0.3) is 0 Å². The fourth-order valence-electron chi connectivity index (χ4n) is 4.86. The van der Waals surface area contributed by atoms with Crippen molar-refractivity contribution in [1.82, 2.24) is 10.6 Å². The van der Waals surface area contributed by atoms with Crippen LogP contribution >= 0.6 is 24.0 Å². The molecule has 2 unspecified atom stereocenters. The number of sulfone groups is 1. The molecule has 0 amide bonds. The second-order valence-electron chi connectivity index (χ2n) is 8.63. The van der Waals surface area contributed by atoms with E-state index >= 15 is 0 Å². The predicted molar refractivity (Wildman–Crippen MR) is 120 cm³/mol. The molecule has 0 aromatic carbocycles. The average molecular weight is 527 g/mol. The van der Waals surface area contributed by atoms with E-state index < -0.39 is 15.6 Å². The summed E-state index contributed by atoms with van der Waals surface area (Å²) in [4.78, 5) is 4.79. The lowest BCUT2D eigenvalue weighted by Gasteiger charge is -2.27. The lowest BCUT2D eigenvalue weighted by molar-refractivity contribution is -0.151. The Bertz CT molecular complexity index is 646. The molecule has 2 heterocycles. The molecule has 2 aliphatic heterocycles. The number of rotatable bonds is 4. The molecule has 0 radical (unpaired) electrons. The van der Waals surface area contributed by atoms with Crippen molar-refractivity contribution in [2.24, 2.45) is 10.9 Å². The van der Waals surface area contributed by atoms with Crippen LogP contribution in [0.5, 0.6) is 0 Å². The highest BCUT2D eigenvalue weighted by molar-refractivity contribution is 14.0. The molecule has 2 N–H and O–H groups in total. The fourth-order valence-corrected chi connectivity index (χ4v) is 6.71. The molecule has 0 aromatic rings. The summed E-state index contributed by atoms with van der Waals surface area (Å²) in [5, 5.41) is 7.20. The molecule has 4 fully saturated rings. The molecular formula is C19H34IN3O4S. The second kappa shape index (κ2) is 9.78. The summed E-state index contributed by atoms with van der Waals surface area (Å²) in [5.41, 5.74) is 0. The summed E-state index contributed by atoms with van der Waals surface area (Å²) < 4.78 is 35.1. The van der Waals surface area contributed by atoms with Crippen molar-refractivity contribution in [3.63, 3.8) is 0 Å². The first-order chi connectivity index (χ1) is 13.0. The number of hydrogen-bond donors (Lipinski definition) is 2. The van der Waals surface area contributed by atoms with Crippen LogP contribution < -0.4 is 10.6 Å². The minimum atomic E-state index is -2.85. The Morgan fingerprint density at radius 1 is 1.00 bits per heavy atom. The quantitative estimate of drug-likeness (QED) is 0.331. The van der Waals surface area contributed by atoms with Crippen molar-refractivity contribution in [3.05, 3.63) is 0 Å². The number of nitrogens with zero attached hydrogens (tertiary/aromatic N) is 1. The zero-order valence-electron chi connectivity index (χ0n) is 16.5. The highest BCUT2D eigenvalue weighted by Gasteiger charge is 2.44. The van der Waals surface area contributed by atoms with E-state index in [2.05, 4.69) is 10.6 Å². The van der Waals surface area contributed by atoms with Gasteiger partial charge in [0.1, 0.15) is 0 Å². The van der Waals surface area contributed by atoms with Crippen molar-refractivity contribution in [1.29, 1.82) is 0 Å². The first kappa shape index (κ1) is 22.6. The van der Waals surface area contributed by atoms with Gasteiger partial charge in [-0.15, -0.1) is 24.0 Å². The van der Waals surface area contributed by atoms with Crippen LogP contribution in [0.4, 0.5) is 0 Å². The molecule has 4 aliphatic rings. The van der Waals surface area contributed by atoms with Gasteiger partial charge in [-0.2, -0.15) is 0 Å². The molecule has 162 valence electrons. The smallest absolute Gasteiger partial charge is 0.191 e. The Labute approximate surface area is 185 Å². The normalized spacial score (nSPS) is 32.4. The fraction of sp³-hybridized carbons (Fsp3) is 0.947. The molecule has 2 saturated carbocycles. The van der Waals surface area contributed by atoms with Crippen molar-refractivity contribution < 1.29 is 17.9 Å². The maximum atomic E-state index is 11.7. The Balaban J connectivity index is 0.00000225. The monoisotopic (exact) mass is 527 g/mol. The summed E-state index contributed by atoms with van der Waals surface area (Å²) in [7, 11) is -2.85. The van der Waals surface area contributed by atoms with Gasteiger partial charge in [0.2, 0.25) is 0 Å². The van der Waals surface area contributed by atoms with E-state index in [-0.39, 0.29) is 41.7 Å². The van der Waals surface area contributed by atoms with Gasteiger partial charge < -0.3 is 20.1 Å². The van der Waals surface area contributed by atoms with E-state index in [0.717, 1.165) is 31.6 Å². The van der Waals surface area contributed by atoms with Crippen LogP contribution in [-0.2, 0) is 19.3 Å². The van der Waals surface area contributed by atoms with E-state index in [0.29, 0.717) is 31.6 Å². The lowest BCUT2D eigenvalue weighted by atomic mass is 9.96. The molecule has 9 heteroatoms. The Hall–Kier alpha value is -0.130. The number of guanidine groups is 1. The number of hydrogen-bond acceptors (Lipinski definition) is 5. The molecule has 4 rings (SSSR count). The van der Waals surface area contributed by atoms with Gasteiger partial charge in [-0.05, 0) is 31.6 Å². The highest BCUT2D eigenvalue weighted by atomic mass is 127. The van der Waals surface area contributed by atoms with Gasteiger partial charge in [-0.25, -0.2) is 8.42 Å². The number of nitrogens with one attached hydrogen (secondary N) is 2. The summed E-state index contributed by atoms with van der Waals surface area (Å²) in [6, 6.07) is 0.747. The van der Waals surface area contributed by atoms with Gasteiger partial charge in [-0.3, -0.25) is 4.99 Å². The van der Waals surface area contributed by atoms with Crippen LogP contribution in [0, 0.1) is 5.92 Å². The third-order valence-electron chi connectivity index (χ3n) is 6.37. The zero-order chi connectivity index (χ0) is 18.7. The Morgan fingerprint density at radius 2 is 1.71 bits per heavy atom. The highest BCUT2D eigenvalue weighted by Crippen LogP contribution is 2.37. The van der Waals surface area contributed by atoms with Crippen molar-refractivity contribution in [3.8, 4) is 0 Å². The van der Waals surface area contributed by atoms with Gasteiger partial charge in [0, 0.05) is 31.5 Å². The van der Waals surface area contributed by atoms with Crippen LogP contribution in [-0.4, -0.2) is 63.5 Å². The summed E-state index contributed by atoms with van der Waals surface area (Å²) >= 11 is 0. The lowest BCUT2D eigenvalue weighted by Crippen LogP contribution is -2.48. The zero-order valence-corrected chi connectivity index (χ0v) is 19.7.